The van der Waals surface area contributed by atoms with Gasteiger partial charge in [-0.2, -0.15) is 0 Å². The molecule has 0 aliphatic heterocycles. The van der Waals surface area contributed by atoms with E-state index in [0.29, 0.717) is 12.0 Å². The molecule has 0 aromatic rings. The lowest BCUT2D eigenvalue weighted by Gasteiger charge is -2.27. The van der Waals surface area contributed by atoms with Crippen molar-refractivity contribution in [2.75, 3.05) is 0 Å². The fourth-order valence-corrected chi connectivity index (χ4v) is 3.80. The van der Waals surface area contributed by atoms with Crippen LogP contribution in [0.5, 0.6) is 0 Å². The third-order valence-corrected chi connectivity index (χ3v) is 5.79. The molecule has 1 atom stereocenters. The SMILES string of the molecule is CCCCCCCCCCCCCCCCCCC(C(C)=C(N)N)C(O)(O)O.F.F. The Morgan fingerprint density at radius 2 is 0.933 bits per heavy atom. The highest BCUT2D eigenvalue weighted by atomic mass is 19.0. The van der Waals surface area contributed by atoms with Crippen LogP contribution in [0.1, 0.15) is 123 Å². The van der Waals surface area contributed by atoms with Gasteiger partial charge in [-0.1, -0.05) is 110 Å². The highest BCUT2D eigenvalue weighted by Gasteiger charge is 2.33. The van der Waals surface area contributed by atoms with Gasteiger partial charge < -0.3 is 26.8 Å². The van der Waals surface area contributed by atoms with Crippen LogP contribution in [-0.2, 0) is 0 Å². The van der Waals surface area contributed by atoms with Crippen molar-refractivity contribution >= 4 is 0 Å². The van der Waals surface area contributed by atoms with Gasteiger partial charge in [0, 0.05) is 0 Å². The number of aliphatic hydroxyl groups is 3. The first-order valence-electron chi connectivity index (χ1n) is 11.7. The summed E-state index contributed by atoms with van der Waals surface area (Å²) in [5.41, 5.74) is 11.5. The molecule has 7 N–H and O–H groups in total. The van der Waals surface area contributed by atoms with Crippen molar-refractivity contribution in [2.45, 2.75) is 129 Å². The van der Waals surface area contributed by atoms with Gasteiger partial charge in [0.2, 0.25) is 0 Å². The molecular weight excluding hydrogens is 390 g/mol. The van der Waals surface area contributed by atoms with Crippen LogP contribution < -0.4 is 11.5 Å². The molecule has 0 rings (SSSR count). The lowest BCUT2D eigenvalue weighted by Crippen LogP contribution is -2.39. The van der Waals surface area contributed by atoms with Crippen molar-refractivity contribution in [3.8, 4) is 0 Å². The molecule has 30 heavy (non-hydrogen) atoms. The fourth-order valence-electron chi connectivity index (χ4n) is 3.80. The lowest BCUT2D eigenvalue weighted by atomic mass is 9.91. The Morgan fingerprint density at radius 3 is 1.20 bits per heavy atom. The van der Waals surface area contributed by atoms with Crippen molar-refractivity contribution < 1.29 is 24.7 Å². The minimum Gasteiger partial charge on any atom is -0.386 e. The third kappa shape index (κ3) is 19.1. The van der Waals surface area contributed by atoms with Gasteiger partial charge in [-0.05, 0) is 18.9 Å². The highest BCUT2D eigenvalue weighted by molar-refractivity contribution is 5.10. The standard InChI is InChI=1S/C23H48N2O3.2FH/c1-3-4-5-6-7-8-9-10-11-12-13-14-15-16-17-18-19-21(23(26,27)28)20(2)22(24)25;;/h21,26-28H,3-19,24-25H2,1-2H3;2*1H. The first-order valence-corrected chi connectivity index (χ1v) is 11.7. The highest BCUT2D eigenvalue weighted by Crippen LogP contribution is 2.27. The van der Waals surface area contributed by atoms with E-state index in [-0.39, 0.29) is 15.2 Å². The predicted molar refractivity (Wildman–Crippen MR) is 123 cm³/mol. The van der Waals surface area contributed by atoms with Crippen LogP contribution in [0.3, 0.4) is 0 Å². The second kappa shape index (κ2) is 21.3. The van der Waals surface area contributed by atoms with E-state index in [9.17, 15) is 15.3 Å². The van der Waals surface area contributed by atoms with E-state index in [4.69, 9.17) is 11.5 Å². The van der Waals surface area contributed by atoms with Crippen molar-refractivity contribution in [1.29, 1.82) is 0 Å². The molecule has 0 aliphatic carbocycles. The summed E-state index contributed by atoms with van der Waals surface area (Å²) >= 11 is 0. The van der Waals surface area contributed by atoms with E-state index >= 15 is 0 Å². The van der Waals surface area contributed by atoms with E-state index in [1.54, 1.807) is 6.92 Å². The summed E-state index contributed by atoms with van der Waals surface area (Å²) in [5.74, 6) is -3.55. The largest absolute Gasteiger partial charge is 0.386 e. The number of hydrogen-bond acceptors (Lipinski definition) is 5. The van der Waals surface area contributed by atoms with Crippen molar-refractivity contribution in [3.05, 3.63) is 11.4 Å². The van der Waals surface area contributed by atoms with Gasteiger partial charge in [-0.15, -0.1) is 0 Å². The number of nitrogens with two attached hydrogens (primary N) is 2. The zero-order valence-corrected chi connectivity index (χ0v) is 19.4. The summed E-state index contributed by atoms with van der Waals surface area (Å²) in [4.78, 5) is 0. The van der Waals surface area contributed by atoms with Crippen LogP contribution >= 0.6 is 0 Å². The summed E-state index contributed by atoms with van der Waals surface area (Å²) in [6, 6.07) is 0. The van der Waals surface area contributed by atoms with Crippen molar-refractivity contribution in [3.63, 3.8) is 0 Å². The van der Waals surface area contributed by atoms with Crippen LogP contribution in [0.2, 0.25) is 0 Å². The van der Waals surface area contributed by atoms with Gasteiger partial charge in [-0.25, -0.2) is 0 Å². The Kier molecular flexibility index (Phi) is 24.0. The Bertz CT molecular complexity index is 398. The quantitative estimate of drug-likeness (QED) is 0.137. The number of rotatable bonds is 19. The summed E-state index contributed by atoms with van der Waals surface area (Å²) in [5, 5.41) is 28.5. The molecule has 0 saturated heterocycles. The van der Waals surface area contributed by atoms with Gasteiger partial charge in [0.1, 0.15) is 0 Å². The summed E-state index contributed by atoms with van der Waals surface area (Å²) in [7, 11) is 0. The first-order chi connectivity index (χ1) is 13.3. The molecule has 184 valence electrons. The monoisotopic (exact) mass is 440 g/mol. The summed E-state index contributed by atoms with van der Waals surface area (Å²) in [6.07, 6.45) is 21.1. The van der Waals surface area contributed by atoms with Gasteiger partial charge in [-0.3, -0.25) is 9.41 Å². The van der Waals surface area contributed by atoms with Crippen LogP contribution in [0, 0.1) is 5.92 Å². The molecule has 0 aromatic carbocycles. The van der Waals surface area contributed by atoms with Crippen LogP contribution in [-0.4, -0.2) is 21.3 Å². The number of unbranched alkanes of at least 4 members (excludes halogenated alkanes) is 15. The average Bonchev–Trinajstić information content (AvgIpc) is 2.62. The van der Waals surface area contributed by atoms with E-state index in [0.717, 1.165) is 19.3 Å². The Balaban J connectivity index is -0.00000364. The second-order valence-corrected chi connectivity index (χ2v) is 8.47. The molecule has 1 unspecified atom stereocenters. The fraction of sp³-hybridized carbons (Fsp3) is 0.913. The molecule has 0 radical (unpaired) electrons. The smallest absolute Gasteiger partial charge is 0.282 e. The summed E-state index contributed by atoms with van der Waals surface area (Å²) in [6.45, 7) is 3.89. The molecular formula is C23H50F2N2O3. The second-order valence-electron chi connectivity index (χ2n) is 8.47. The maximum absolute atomic E-state index is 9.49. The van der Waals surface area contributed by atoms with E-state index < -0.39 is 11.9 Å². The average molecular weight is 441 g/mol. The van der Waals surface area contributed by atoms with Gasteiger partial charge in [0.05, 0.1) is 11.7 Å². The molecule has 0 amide bonds. The maximum atomic E-state index is 9.49. The van der Waals surface area contributed by atoms with Crippen LogP contribution in [0.25, 0.3) is 0 Å². The third-order valence-electron chi connectivity index (χ3n) is 5.79. The molecule has 0 heterocycles. The molecule has 0 fully saturated rings. The molecule has 0 aromatic heterocycles. The lowest BCUT2D eigenvalue weighted by molar-refractivity contribution is -0.336. The van der Waals surface area contributed by atoms with Crippen molar-refractivity contribution in [1.82, 2.24) is 0 Å². The molecule has 0 spiro atoms. The van der Waals surface area contributed by atoms with Crippen molar-refractivity contribution in [2.24, 2.45) is 17.4 Å². The van der Waals surface area contributed by atoms with Gasteiger partial charge in [0.15, 0.2) is 0 Å². The van der Waals surface area contributed by atoms with Gasteiger partial charge in [0.25, 0.3) is 5.97 Å². The normalized spacial score (nSPS) is 12.0. The molecule has 0 aliphatic rings. The molecule has 5 nitrogen and oxygen atoms in total. The predicted octanol–water partition coefficient (Wildman–Crippen LogP) is 5.34. The first kappa shape index (κ1) is 33.7. The Morgan fingerprint density at radius 1 is 0.633 bits per heavy atom. The Hall–Kier alpha value is -0.920. The zero-order valence-electron chi connectivity index (χ0n) is 19.4. The summed E-state index contributed by atoms with van der Waals surface area (Å²) < 4.78 is 0. The van der Waals surface area contributed by atoms with E-state index in [1.165, 1.54) is 83.5 Å². The molecule has 0 saturated carbocycles. The minimum absolute atomic E-state index is 0. The van der Waals surface area contributed by atoms with Gasteiger partial charge >= 0.3 is 0 Å². The van der Waals surface area contributed by atoms with Crippen LogP contribution in [0.15, 0.2) is 11.4 Å². The molecule has 0 bridgehead atoms. The van der Waals surface area contributed by atoms with Crippen LogP contribution in [0.4, 0.5) is 9.41 Å². The minimum atomic E-state index is -2.76. The zero-order chi connectivity index (χ0) is 21.3. The van der Waals surface area contributed by atoms with E-state index in [2.05, 4.69) is 6.92 Å². The Labute approximate surface area is 183 Å². The maximum Gasteiger partial charge on any atom is 0.282 e. The number of halogens is 2. The number of hydrogen-bond donors (Lipinski definition) is 5. The molecule has 7 heteroatoms. The topological polar surface area (TPSA) is 113 Å². The van der Waals surface area contributed by atoms with E-state index in [1.807, 2.05) is 0 Å².